The van der Waals surface area contributed by atoms with E-state index in [4.69, 9.17) is 0 Å². The SMILES string of the molecule is O=C(O)C1CCCN1C(=O)C1CC(O)CN1C=CC(c1ccc(F)cc1)(c1ccc(F)cc1)c1ccc(F)cc1. The summed E-state index contributed by atoms with van der Waals surface area (Å²) in [4.78, 5) is 28.3. The van der Waals surface area contributed by atoms with Crippen LogP contribution in [-0.2, 0) is 15.0 Å². The molecule has 40 heavy (non-hydrogen) atoms. The standard InChI is InChI=1S/C31H29F3N2O4/c32-23-9-3-20(4-10-23)31(21-5-11-24(33)12-6-21,22-7-13-25(34)14-8-22)15-17-35-19-26(37)18-28(35)29(38)36-16-1-2-27(36)30(39)40/h3-15,17,26-28,37H,1-2,16,18-19H2,(H,39,40). The van der Waals surface area contributed by atoms with E-state index in [0.29, 0.717) is 36.1 Å². The van der Waals surface area contributed by atoms with E-state index >= 15 is 0 Å². The third-order valence-corrected chi connectivity index (χ3v) is 7.84. The number of hydrogen-bond donors (Lipinski definition) is 2. The molecule has 2 saturated heterocycles. The Morgan fingerprint density at radius 1 is 0.800 bits per heavy atom. The largest absolute Gasteiger partial charge is 0.480 e. The van der Waals surface area contributed by atoms with Crippen LogP contribution >= 0.6 is 0 Å². The zero-order valence-corrected chi connectivity index (χ0v) is 21.6. The van der Waals surface area contributed by atoms with E-state index < -0.39 is 47.0 Å². The first-order chi connectivity index (χ1) is 19.2. The Hall–Kier alpha value is -4.11. The Bertz CT molecular complexity index is 1280. The predicted molar refractivity (Wildman–Crippen MR) is 142 cm³/mol. The van der Waals surface area contributed by atoms with Gasteiger partial charge in [0.05, 0.1) is 11.5 Å². The number of hydrogen-bond acceptors (Lipinski definition) is 4. The van der Waals surface area contributed by atoms with Gasteiger partial charge in [-0.05, 0) is 78.2 Å². The molecule has 0 bridgehead atoms. The molecular formula is C31H29F3N2O4. The number of rotatable bonds is 7. The highest BCUT2D eigenvalue weighted by atomic mass is 19.1. The summed E-state index contributed by atoms with van der Waals surface area (Å²) in [7, 11) is 0. The molecule has 2 aliphatic rings. The number of aliphatic carboxylic acids is 1. The number of carbonyl (C=O) groups is 2. The van der Waals surface area contributed by atoms with Gasteiger partial charge < -0.3 is 20.0 Å². The van der Waals surface area contributed by atoms with Crippen molar-refractivity contribution in [2.45, 2.75) is 42.9 Å². The van der Waals surface area contributed by atoms with Gasteiger partial charge in [0, 0.05) is 19.5 Å². The van der Waals surface area contributed by atoms with Gasteiger partial charge in [-0.1, -0.05) is 36.4 Å². The number of carboxylic acids is 1. The van der Waals surface area contributed by atoms with Crippen molar-refractivity contribution in [2.24, 2.45) is 0 Å². The average molecular weight is 551 g/mol. The predicted octanol–water partition coefficient (Wildman–Crippen LogP) is 4.46. The smallest absolute Gasteiger partial charge is 0.326 e. The highest BCUT2D eigenvalue weighted by molar-refractivity contribution is 5.88. The van der Waals surface area contributed by atoms with Crippen molar-refractivity contribution in [1.82, 2.24) is 9.80 Å². The molecule has 0 aromatic heterocycles. The molecule has 9 heteroatoms. The fourth-order valence-corrected chi connectivity index (χ4v) is 5.86. The number of likely N-dealkylation sites (tertiary alicyclic amines) is 2. The minimum absolute atomic E-state index is 0.128. The Morgan fingerprint density at radius 3 is 1.73 bits per heavy atom. The summed E-state index contributed by atoms with van der Waals surface area (Å²) in [6, 6.07) is 15.7. The van der Waals surface area contributed by atoms with Crippen LogP contribution in [-0.4, -0.2) is 63.2 Å². The van der Waals surface area contributed by atoms with Crippen molar-refractivity contribution in [2.75, 3.05) is 13.1 Å². The molecular weight excluding hydrogens is 521 g/mol. The first-order valence-electron chi connectivity index (χ1n) is 13.1. The molecule has 0 radical (unpaired) electrons. The number of aliphatic hydroxyl groups is 1. The van der Waals surface area contributed by atoms with Gasteiger partial charge in [-0.25, -0.2) is 18.0 Å². The number of carboxylic acid groups (broad SMARTS) is 1. The summed E-state index contributed by atoms with van der Waals surface area (Å²) < 4.78 is 42.0. The molecule has 2 fully saturated rings. The van der Waals surface area contributed by atoms with Crippen LogP contribution in [0.3, 0.4) is 0 Å². The van der Waals surface area contributed by atoms with Crippen LogP contribution in [0.25, 0.3) is 0 Å². The van der Waals surface area contributed by atoms with Crippen LogP contribution in [0.4, 0.5) is 13.2 Å². The van der Waals surface area contributed by atoms with E-state index in [1.807, 2.05) is 0 Å². The second-order valence-corrected chi connectivity index (χ2v) is 10.3. The molecule has 0 spiro atoms. The van der Waals surface area contributed by atoms with Crippen molar-refractivity contribution >= 4 is 11.9 Å². The van der Waals surface area contributed by atoms with Crippen molar-refractivity contribution in [3.63, 3.8) is 0 Å². The molecule has 1 amide bonds. The summed E-state index contributed by atoms with van der Waals surface area (Å²) in [5, 5.41) is 20.1. The average Bonchev–Trinajstić information content (AvgIpc) is 3.58. The third kappa shape index (κ3) is 5.21. The number of benzene rings is 3. The minimum Gasteiger partial charge on any atom is -0.480 e. The second kappa shape index (κ2) is 11.2. The number of carbonyl (C=O) groups excluding carboxylic acids is 1. The minimum atomic E-state index is -1.16. The highest BCUT2D eigenvalue weighted by Gasteiger charge is 2.43. The number of amides is 1. The zero-order valence-electron chi connectivity index (χ0n) is 21.6. The van der Waals surface area contributed by atoms with Gasteiger partial charge in [0.2, 0.25) is 5.91 Å². The summed E-state index contributed by atoms with van der Waals surface area (Å²) in [6.45, 7) is 0.454. The van der Waals surface area contributed by atoms with Gasteiger partial charge in [-0.15, -0.1) is 0 Å². The van der Waals surface area contributed by atoms with Crippen molar-refractivity contribution in [3.05, 3.63) is 119 Å². The van der Waals surface area contributed by atoms with Gasteiger partial charge >= 0.3 is 5.97 Å². The summed E-state index contributed by atoms with van der Waals surface area (Å²) in [5.74, 6) is -2.79. The molecule has 2 heterocycles. The number of halogens is 3. The molecule has 6 nitrogen and oxygen atoms in total. The van der Waals surface area contributed by atoms with Crippen molar-refractivity contribution < 1.29 is 33.0 Å². The fourth-order valence-electron chi connectivity index (χ4n) is 5.86. The lowest BCUT2D eigenvalue weighted by Gasteiger charge is -2.35. The van der Waals surface area contributed by atoms with E-state index in [1.54, 1.807) is 53.6 Å². The molecule has 5 rings (SSSR count). The Morgan fingerprint density at radius 2 is 1.27 bits per heavy atom. The lowest BCUT2D eigenvalue weighted by Crippen LogP contribution is -2.48. The molecule has 2 N–H and O–H groups in total. The van der Waals surface area contributed by atoms with E-state index in [-0.39, 0.29) is 18.9 Å². The van der Waals surface area contributed by atoms with Gasteiger partial charge in [-0.3, -0.25) is 4.79 Å². The molecule has 3 aromatic rings. The lowest BCUT2D eigenvalue weighted by molar-refractivity contribution is -0.149. The number of nitrogens with zero attached hydrogens (tertiary/aromatic N) is 2. The van der Waals surface area contributed by atoms with Crippen molar-refractivity contribution in [1.29, 1.82) is 0 Å². The molecule has 3 atom stereocenters. The number of aliphatic hydroxyl groups excluding tert-OH is 1. The molecule has 0 saturated carbocycles. The topological polar surface area (TPSA) is 81.1 Å². The van der Waals surface area contributed by atoms with E-state index in [0.717, 1.165) is 0 Å². The van der Waals surface area contributed by atoms with Crippen LogP contribution in [0.2, 0.25) is 0 Å². The third-order valence-electron chi connectivity index (χ3n) is 7.84. The van der Waals surface area contributed by atoms with Gasteiger partial charge in [0.15, 0.2) is 0 Å². The van der Waals surface area contributed by atoms with Crippen LogP contribution in [0.1, 0.15) is 36.0 Å². The monoisotopic (exact) mass is 550 g/mol. The van der Waals surface area contributed by atoms with Gasteiger partial charge in [-0.2, -0.15) is 0 Å². The highest BCUT2D eigenvalue weighted by Crippen LogP contribution is 2.41. The molecule has 3 unspecified atom stereocenters. The molecule has 2 aliphatic heterocycles. The number of allylic oxidation sites excluding steroid dienone is 1. The fraction of sp³-hybridized carbons (Fsp3) is 0.290. The first kappa shape index (κ1) is 27.5. The normalized spacial score (nSPS) is 21.4. The van der Waals surface area contributed by atoms with Gasteiger partial charge in [0.25, 0.3) is 0 Å². The lowest BCUT2D eigenvalue weighted by atomic mass is 9.69. The van der Waals surface area contributed by atoms with Crippen LogP contribution in [0.5, 0.6) is 0 Å². The Labute approximate surface area is 230 Å². The van der Waals surface area contributed by atoms with E-state index in [9.17, 15) is 33.0 Å². The Balaban J connectivity index is 1.62. The van der Waals surface area contributed by atoms with Crippen LogP contribution < -0.4 is 0 Å². The molecule has 208 valence electrons. The van der Waals surface area contributed by atoms with Crippen LogP contribution in [0.15, 0.2) is 85.1 Å². The maximum absolute atomic E-state index is 14.0. The summed E-state index contributed by atoms with van der Waals surface area (Å²) in [6.07, 6.45) is 3.70. The van der Waals surface area contributed by atoms with Gasteiger partial charge in [0.1, 0.15) is 29.5 Å². The zero-order chi connectivity index (χ0) is 28.4. The number of β-amino-alcohol motifs (C(OH)–C–C–N with tert-alkyl or cyclic N) is 1. The maximum Gasteiger partial charge on any atom is 0.326 e. The maximum atomic E-state index is 14.0. The summed E-state index contributed by atoms with van der Waals surface area (Å²) in [5.41, 5.74) is 0.664. The van der Waals surface area contributed by atoms with E-state index in [2.05, 4.69) is 0 Å². The van der Waals surface area contributed by atoms with Crippen molar-refractivity contribution in [3.8, 4) is 0 Å². The van der Waals surface area contributed by atoms with E-state index in [1.165, 1.54) is 41.3 Å². The molecule has 3 aromatic carbocycles. The second-order valence-electron chi connectivity index (χ2n) is 10.3. The Kier molecular flexibility index (Phi) is 7.67. The first-order valence-corrected chi connectivity index (χ1v) is 13.1. The molecule has 0 aliphatic carbocycles. The van der Waals surface area contributed by atoms with Crippen LogP contribution in [0, 0.1) is 17.5 Å². The summed E-state index contributed by atoms with van der Waals surface area (Å²) >= 11 is 0. The quantitative estimate of drug-likeness (QED) is 0.425.